The van der Waals surface area contributed by atoms with E-state index >= 15 is 0 Å². The Labute approximate surface area is 101 Å². The molecule has 2 aromatic rings. The van der Waals surface area contributed by atoms with Crippen LogP contribution in [0.4, 0.5) is 0 Å². The predicted molar refractivity (Wildman–Crippen MR) is 73.2 cm³/mol. The zero-order chi connectivity index (χ0) is 11.4. The molecule has 1 unspecified atom stereocenters. The number of hydrogen-bond acceptors (Lipinski definition) is 2. The van der Waals surface area contributed by atoms with Crippen LogP contribution in [-0.2, 0) is 0 Å². The standard InChI is InChI=1S/C14H19NS/c1-3-9-15-13(4-2)12-10-16-14-8-6-5-7-11(12)14/h5-8,10,13,15H,3-4,9H2,1-2H3. The molecule has 0 saturated carbocycles. The third-order valence-corrected chi connectivity index (χ3v) is 3.92. The molecule has 0 amide bonds. The van der Waals surface area contributed by atoms with Crippen LogP contribution in [-0.4, -0.2) is 6.54 Å². The topological polar surface area (TPSA) is 12.0 Å². The quantitative estimate of drug-likeness (QED) is 0.809. The molecule has 1 aromatic heterocycles. The Balaban J connectivity index is 2.30. The smallest absolute Gasteiger partial charge is 0.0346 e. The van der Waals surface area contributed by atoms with Crippen molar-refractivity contribution in [3.63, 3.8) is 0 Å². The van der Waals surface area contributed by atoms with Gasteiger partial charge in [0.05, 0.1) is 0 Å². The van der Waals surface area contributed by atoms with Gasteiger partial charge in [-0.15, -0.1) is 11.3 Å². The molecule has 2 heteroatoms. The summed E-state index contributed by atoms with van der Waals surface area (Å²) in [7, 11) is 0. The molecule has 1 aromatic carbocycles. The summed E-state index contributed by atoms with van der Waals surface area (Å²) in [6.45, 7) is 5.56. The second kappa shape index (κ2) is 5.46. The Kier molecular flexibility index (Phi) is 3.97. The largest absolute Gasteiger partial charge is 0.310 e. The van der Waals surface area contributed by atoms with Crippen LogP contribution in [0.15, 0.2) is 29.6 Å². The normalized spacial score (nSPS) is 13.1. The number of thiophene rings is 1. The van der Waals surface area contributed by atoms with Gasteiger partial charge in [0.2, 0.25) is 0 Å². The minimum absolute atomic E-state index is 0.510. The summed E-state index contributed by atoms with van der Waals surface area (Å²) < 4.78 is 1.40. The van der Waals surface area contributed by atoms with Crippen LogP contribution in [0.2, 0.25) is 0 Å². The summed E-state index contributed by atoms with van der Waals surface area (Å²) in [4.78, 5) is 0. The van der Waals surface area contributed by atoms with Crippen LogP contribution in [0, 0.1) is 0 Å². The van der Waals surface area contributed by atoms with E-state index in [0.29, 0.717) is 6.04 Å². The average molecular weight is 233 g/mol. The van der Waals surface area contributed by atoms with Crippen molar-refractivity contribution >= 4 is 21.4 Å². The van der Waals surface area contributed by atoms with Crippen molar-refractivity contribution in [3.8, 4) is 0 Å². The number of rotatable bonds is 5. The Bertz CT molecular complexity index is 447. The first kappa shape index (κ1) is 11.6. The highest BCUT2D eigenvalue weighted by atomic mass is 32.1. The minimum atomic E-state index is 0.510. The van der Waals surface area contributed by atoms with Crippen molar-refractivity contribution in [2.45, 2.75) is 32.7 Å². The van der Waals surface area contributed by atoms with Gasteiger partial charge in [0.25, 0.3) is 0 Å². The Morgan fingerprint density at radius 3 is 2.81 bits per heavy atom. The number of nitrogens with one attached hydrogen (secondary N) is 1. The minimum Gasteiger partial charge on any atom is -0.310 e. The van der Waals surface area contributed by atoms with Gasteiger partial charge in [-0.1, -0.05) is 32.0 Å². The predicted octanol–water partition coefficient (Wildman–Crippen LogP) is 4.35. The molecule has 1 atom stereocenters. The van der Waals surface area contributed by atoms with Crippen LogP contribution in [0.25, 0.3) is 10.1 Å². The molecule has 0 aliphatic heterocycles. The Morgan fingerprint density at radius 1 is 1.25 bits per heavy atom. The van der Waals surface area contributed by atoms with Gasteiger partial charge >= 0.3 is 0 Å². The molecule has 16 heavy (non-hydrogen) atoms. The van der Waals surface area contributed by atoms with E-state index < -0.39 is 0 Å². The zero-order valence-electron chi connectivity index (χ0n) is 9.99. The second-order valence-corrected chi connectivity index (χ2v) is 5.01. The van der Waals surface area contributed by atoms with Crippen LogP contribution >= 0.6 is 11.3 Å². The summed E-state index contributed by atoms with van der Waals surface area (Å²) in [5.74, 6) is 0. The number of benzene rings is 1. The first-order chi connectivity index (χ1) is 7.86. The lowest BCUT2D eigenvalue weighted by atomic mass is 10.0. The van der Waals surface area contributed by atoms with Gasteiger partial charge in [0.15, 0.2) is 0 Å². The lowest BCUT2D eigenvalue weighted by Crippen LogP contribution is -2.21. The highest BCUT2D eigenvalue weighted by Gasteiger charge is 2.12. The van der Waals surface area contributed by atoms with E-state index in [4.69, 9.17) is 0 Å². The summed E-state index contributed by atoms with van der Waals surface area (Å²) in [5.41, 5.74) is 1.47. The first-order valence-corrected chi connectivity index (χ1v) is 6.94. The van der Waals surface area contributed by atoms with Crippen LogP contribution in [0.1, 0.15) is 38.3 Å². The molecule has 0 saturated heterocycles. The molecule has 0 bridgehead atoms. The van der Waals surface area contributed by atoms with E-state index in [1.165, 1.54) is 22.1 Å². The van der Waals surface area contributed by atoms with E-state index in [1.54, 1.807) is 0 Å². The molecule has 0 aliphatic carbocycles. The van der Waals surface area contributed by atoms with Crippen molar-refractivity contribution in [1.82, 2.24) is 5.32 Å². The molecule has 1 nitrogen and oxygen atoms in total. The number of fused-ring (bicyclic) bond motifs is 1. The molecule has 0 fully saturated rings. The van der Waals surface area contributed by atoms with Gasteiger partial charge in [-0.2, -0.15) is 0 Å². The van der Waals surface area contributed by atoms with Gasteiger partial charge in [0, 0.05) is 10.7 Å². The van der Waals surface area contributed by atoms with Crippen molar-refractivity contribution in [3.05, 3.63) is 35.2 Å². The monoisotopic (exact) mass is 233 g/mol. The van der Waals surface area contributed by atoms with Gasteiger partial charge in [-0.05, 0) is 41.8 Å². The van der Waals surface area contributed by atoms with Gasteiger partial charge in [0.1, 0.15) is 0 Å². The summed E-state index contributed by atoms with van der Waals surface area (Å²) >= 11 is 1.85. The molecule has 86 valence electrons. The fourth-order valence-electron chi connectivity index (χ4n) is 2.06. The highest BCUT2D eigenvalue weighted by Crippen LogP contribution is 2.31. The van der Waals surface area contributed by atoms with Crippen molar-refractivity contribution in [1.29, 1.82) is 0 Å². The third-order valence-electron chi connectivity index (χ3n) is 2.94. The van der Waals surface area contributed by atoms with E-state index in [0.717, 1.165) is 13.0 Å². The molecule has 0 spiro atoms. The first-order valence-electron chi connectivity index (χ1n) is 6.06. The molecule has 2 rings (SSSR count). The maximum Gasteiger partial charge on any atom is 0.0346 e. The molecule has 1 heterocycles. The average Bonchev–Trinajstić information content (AvgIpc) is 2.75. The molecule has 0 aliphatic rings. The summed E-state index contributed by atoms with van der Waals surface area (Å²) in [6.07, 6.45) is 2.35. The second-order valence-electron chi connectivity index (χ2n) is 4.10. The highest BCUT2D eigenvalue weighted by molar-refractivity contribution is 7.17. The molecule has 0 radical (unpaired) electrons. The Morgan fingerprint density at radius 2 is 2.06 bits per heavy atom. The van der Waals surface area contributed by atoms with Crippen molar-refractivity contribution in [2.24, 2.45) is 0 Å². The van der Waals surface area contributed by atoms with Crippen molar-refractivity contribution in [2.75, 3.05) is 6.54 Å². The summed E-state index contributed by atoms with van der Waals surface area (Å²) in [5, 5.41) is 7.35. The number of hydrogen-bond donors (Lipinski definition) is 1. The van der Waals surface area contributed by atoms with E-state index in [9.17, 15) is 0 Å². The molecular formula is C14H19NS. The van der Waals surface area contributed by atoms with Gasteiger partial charge in [-0.3, -0.25) is 0 Å². The third kappa shape index (κ3) is 2.28. The molecular weight excluding hydrogens is 214 g/mol. The fourth-order valence-corrected chi connectivity index (χ4v) is 3.08. The van der Waals surface area contributed by atoms with E-state index in [1.807, 2.05) is 11.3 Å². The van der Waals surface area contributed by atoms with E-state index in [-0.39, 0.29) is 0 Å². The zero-order valence-corrected chi connectivity index (χ0v) is 10.8. The van der Waals surface area contributed by atoms with Gasteiger partial charge in [-0.25, -0.2) is 0 Å². The SMILES string of the molecule is CCCNC(CC)c1csc2ccccc12. The maximum atomic E-state index is 3.62. The van der Waals surface area contributed by atoms with E-state index in [2.05, 4.69) is 48.8 Å². The van der Waals surface area contributed by atoms with Gasteiger partial charge < -0.3 is 5.32 Å². The lowest BCUT2D eigenvalue weighted by Gasteiger charge is -2.16. The van der Waals surface area contributed by atoms with Crippen LogP contribution in [0.5, 0.6) is 0 Å². The summed E-state index contributed by atoms with van der Waals surface area (Å²) in [6, 6.07) is 9.19. The Hall–Kier alpha value is -0.860. The maximum absolute atomic E-state index is 3.62. The fraction of sp³-hybridized carbons (Fsp3) is 0.429. The van der Waals surface area contributed by atoms with Crippen LogP contribution < -0.4 is 5.32 Å². The van der Waals surface area contributed by atoms with Crippen LogP contribution in [0.3, 0.4) is 0 Å². The lowest BCUT2D eigenvalue weighted by molar-refractivity contribution is 0.522. The van der Waals surface area contributed by atoms with Crippen molar-refractivity contribution < 1.29 is 0 Å². The molecule has 1 N–H and O–H groups in total.